The Bertz CT molecular complexity index is 812. The number of anilines is 1. The molecule has 1 aliphatic carbocycles. The van der Waals surface area contributed by atoms with Gasteiger partial charge in [-0.25, -0.2) is 4.98 Å². The fourth-order valence-corrected chi connectivity index (χ4v) is 4.02. The Hall–Kier alpha value is -1.19. The number of halogens is 2. The number of aromatic nitrogens is 2. The molecule has 0 amide bonds. The molecular weight excluding hydrogens is 442 g/mol. The molecule has 0 unspecified atom stereocenters. The maximum absolute atomic E-state index is 11.6. The number of fused-ring (bicyclic) bond motifs is 1. The van der Waals surface area contributed by atoms with Crippen LogP contribution < -0.4 is 10.6 Å². The number of nitro benzene ring substituents is 1. The van der Waals surface area contributed by atoms with E-state index in [-0.39, 0.29) is 10.6 Å². The average Bonchev–Trinajstić information content (AvgIpc) is 3.10. The molecule has 7 nitrogen and oxygen atoms in total. The number of benzene rings is 1. The highest BCUT2D eigenvalue weighted by molar-refractivity contribution is 9.13. The van der Waals surface area contributed by atoms with Crippen LogP contribution in [0.25, 0.3) is 11.0 Å². The van der Waals surface area contributed by atoms with Gasteiger partial charge in [0.1, 0.15) is 4.47 Å². The molecule has 2 aromatic rings. The molecule has 1 atom stereocenters. The van der Waals surface area contributed by atoms with Gasteiger partial charge in [0.25, 0.3) is 0 Å². The first kappa shape index (κ1) is 16.3. The number of hydrogen-bond acceptors (Lipinski definition) is 5. The number of nitrogens with one attached hydrogen (secondary N) is 2. The summed E-state index contributed by atoms with van der Waals surface area (Å²) in [5.41, 5.74) is 1.25. The Morgan fingerprint density at radius 1 is 1.42 bits per heavy atom. The molecule has 1 saturated heterocycles. The molecule has 0 radical (unpaired) electrons. The molecule has 1 saturated carbocycles. The molecular formula is C15H17Br2N5O2. The third-order valence-electron chi connectivity index (χ3n) is 4.63. The van der Waals surface area contributed by atoms with Crippen molar-refractivity contribution < 1.29 is 4.92 Å². The van der Waals surface area contributed by atoms with Gasteiger partial charge in [-0.1, -0.05) is 0 Å². The predicted molar refractivity (Wildman–Crippen MR) is 99.4 cm³/mol. The van der Waals surface area contributed by atoms with Crippen molar-refractivity contribution in [1.29, 1.82) is 0 Å². The highest BCUT2D eigenvalue weighted by Crippen LogP contribution is 2.41. The minimum absolute atomic E-state index is 0.0153. The van der Waals surface area contributed by atoms with Crippen molar-refractivity contribution in [3.8, 4) is 0 Å². The molecule has 1 aromatic heterocycles. The summed E-state index contributed by atoms with van der Waals surface area (Å²) < 4.78 is 3.22. The molecule has 9 heteroatoms. The van der Waals surface area contributed by atoms with Gasteiger partial charge in [-0.3, -0.25) is 10.1 Å². The van der Waals surface area contributed by atoms with Crippen LogP contribution in [0.15, 0.2) is 15.0 Å². The molecule has 1 aromatic carbocycles. The van der Waals surface area contributed by atoms with Gasteiger partial charge in [-0.05, 0) is 69.7 Å². The Morgan fingerprint density at radius 3 is 2.83 bits per heavy atom. The smallest absolute Gasteiger partial charge is 0.312 e. The first-order chi connectivity index (χ1) is 11.5. The SMILES string of the molecule is O=[N+]([O-])c1c(Br)c(Br)cc2c1nc(N[C@@H]1CCNC1)n2CC1CC1. The van der Waals surface area contributed by atoms with Crippen LogP contribution >= 0.6 is 31.9 Å². The zero-order chi connectivity index (χ0) is 16.8. The summed E-state index contributed by atoms with van der Waals surface area (Å²) in [4.78, 5) is 15.8. The normalized spacial score (nSPS) is 20.7. The maximum atomic E-state index is 11.6. The quantitative estimate of drug-likeness (QED) is 0.527. The summed E-state index contributed by atoms with van der Waals surface area (Å²) in [5, 5.41) is 18.4. The topological polar surface area (TPSA) is 85.0 Å². The van der Waals surface area contributed by atoms with Gasteiger partial charge in [0.05, 0.1) is 10.4 Å². The van der Waals surface area contributed by atoms with Gasteiger partial charge in [-0.2, -0.15) is 0 Å². The van der Waals surface area contributed by atoms with E-state index in [1.54, 1.807) is 0 Å². The van der Waals surface area contributed by atoms with Crippen LogP contribution in [-0.4, -0.2) is 33.6 Å². The van der Waals surface area contributed by atoms with E-state index in [0.717, 1.165) is 37.5 Å². The monoisotopic (exact) mass is 457 g/mol. The molecule has 4 rings (SSSR count). The number of nitrogens with zero attached hydrogens (tertiary/aromatic N) is 3. The van der Waals surface area contributed by atoms with Crippen molar-refractivity contribution in [3.63, 3.8) is 0 Å². The van der Waals surface area contributed by atoms with Crippen molar-refractivity contribution in [2.75, 3.05) is 18.4 Å². The van der Waals surface area contributed by atoms with E-state index in [0.29, 0.717) is 26.4 Å². The van der Waals surface area contributed by atoms with Crippen LogP contribution in [-0.2, 0) is 6.54 Å². The molecule has 1 aliphatic heterocycles. The second-order valence-corrected chi connectivity index (χ2v) is 8.12. The standard InChI is InChI=1S/C15H17Br2N5O2/c16-10-5-11-13(14(12(10)17)22(23)24)20-15(19-9-3-4-18-6-9)21(11)7-8-1-2-8/h5,8-9,18H,1-4,6-7H2,(H,19,20)/t9-/m1/s1. The second-order valence-electron chi connectivity index (χ2n) is 6.47. The van der Waals surface area contributed by atoms with Gasteiger partial charge in [-0.15, -0.1) is 0 Å². The van der Waals surface area contributed by atoms with E-state index in [1.165, 1.54) is 12.8 Å². The first-order valence-corrected chi connectivity index (χ1v) is 9.63. The zero-order valence-electron chi connectivity index (χ0n) is 12.9. The van der Waals surface area contributed by atoms with Gasteiger partial charge < -0.3 is 15.2 Å². The van der Waals surface area contributed by atoms with Crippen LogP contribution in [0.1, 0.15) is 19.3 Å². The van der Waals surface area contributed by atoms with Gasteiger partial charge in [0.15, 0.2) is 5.52 Å². The Morgan fingerprint density at radius 2 is 2.21 bits per heavy atom. The summed E-state index contributed by atoms with van der Waals surface area (Å²) >= 11 is 6.75. The van der Waals surface area contributed by atoms with Gasteiger partial charge in [0.2, 0.25) is 5.95 Å². The minimum Gasteiger partial charge on any atom is -0.352 e. The number of hydrogen-bond donors (Lipinski definition) is 2. The van der Waals surface area contributed by atoms with Crippen molar-refractivity contribution in [2.24, 2.45) is 5.92 Å². The molecule has 2 heterocycles. The van der Waals surface area contributed by atoms with Crippen molar-refractivity contribution in [3.05, 3.63) is 25.1 Å². The summed E-state index contributed by atoms with van der Waals surface area (Å²) in [6.45, 7) is 2.73. The minimum atomic E-state index is -0.369. The van der Waals surface area contributed by atoms with Crippen LogP contribution in [0.4, 0.5) is 11.6 Å². The first-order valence-electron chi connectivity index (χ1n) is 8.04. The lowest BCUT2D eigenvalue weighted by atomic mass is 10.2. The summed E-state index contributed by atoms with van der Waals surface area (Å²) in [7, 11) is 0. The zero-order valence-corrected chi connectivity index (χ0v) is 16.1. The van der Waals surface area contributed by atoms with Crippen molar-refractivity contribution in [2.45, 2.75) is 31.8 Å². The fourth-order valence-electron chi connectivity index (χ4n) is 3.17. The molecule has 128 valence electrons. The maximum Gasteiger partial charge on any atom is 0.312 e. The lowest BCUT2D eigenvalue weighted by Gasteiger charge is -2.14. The number of rotatable bonds is 5. The largest absolute Gasteiger partial charge is 0.352 e. The highest BCUT2D eigenvalue weighted by Gasteiger charge is 2.30. The molecule has 0 bridgehead atoms. The van der Waals surface area contributed by atoms with E-state index in [1.807, 2.05) is 6.07 Å². The fraction of sp³-hybridized carbons (Fsp3) is 0.533. The third-order valence-corrected chi connectivity index (χ3v) is 6.59. The molecule has 2 aliphatic rings. The average molecular weight is 459 g/mol. The molecule has 2 N–H and O–H groups in total. The lowest BCUT2D eigenvalue weighted by molar-refractivity contribution is -0.384. The Kier molecular flexibility index (Phi) is 4.26. The predicted octanol–water partition coefficient (Wildman–Crippen LogP) is 3.65. The van der Waals surface area contributed by atoms with Crippen molar-refractivity contribution >= 4 is 54.5 Å². The van der Waals surface area contributed by atoms with Crippen molar-refractivity contribution in [1.82, 2.24) is 14.9 Å². The van der Waals surface area contributed by atoms with Crippen LogP contribution in [0.3, 0.4) is 0 Å². The summed E-state index contributed by atoms with van der Waals surface area (Å²) in [6, 6.07) is 2.23. The van der Waals surface area contributed by atoms with E-state index >= 15 is 0 Å². The molecule has 24 heavy (non-hydrogen) atoms. The lowest BCUT2D eigenvalue weighted by Crippen LogP contribution is -2.24. The second kappa shape index (κ2) is 6.27. The molecule has 2 fully saturated rings. The molecule has 0 spiro atoms. The number of imidazole rings is 1. The van der Waals surface area contributed by atoms with E-state index in [4.69, 9.17) is 0 Å². The van der Waals surface area contributed by atoms with E-state index < -0.39 is 0 Å². The summed E-state index contributed by atoms with van der Waals surface area (Å²) in [5.74, 6) is 1.38. The van der Waals surface area contributed by atoms with Crippen LogP contribution in [0.2, 0.25) is 0 Å². The van der Waals surface area contributed by atoms with Crippen LogP contribution in [0.5, 0.6) is 0 Å². The third kappa shape index (κ3) is 2.93. The van der Waals surface area contributed by atoms with Gasteiger partial charge >= 0.3 is 5.69 Å². The Labute approximate surface area is 155 Å². The van der Waals surface area contributed by atoms with E-state index in [9.17, 15) is 10.1 Å². The Balaban J connectivity index is 1.86. The summed E-state index contributed by atoms with van der Waals surface area (Å²) in [6.07, 6.45) is 3.45. The van der Waals surface area contributed by atoms with E-state index in [2.05, 4.69) is 52.0 Å². The number of nitro groups is 1. The van der Waals surface area contributed by atoms with Crippen LogP contribution in [0, 0.1) is 16.0 Å². The van der Waals surface area contributed by atoms with Gasteiger partial charge in [0, 0.05) is 23.6 Å². The highest BCUT2D eigenvalue weighted by atomic mass is 79.9.